The zero-order chi connectivity index (χ0) is 24.3. The average molecular weight is 480 g/mol. The molecule has 1 unspecified atom stereocenters. The van der Waals surface area contributed by atoms with E-state index >= 15 is 0 Å². The summed E-state index contributed by atoms with van der Waals surface area (Å²) in [6.07, 6.45) is 4.64. The molecule has 1 amide bonds. The fourth-order valence-corrected chi connectivity index (χ4v) is 6.10. The summed E-state index contributed by atoms with van der Waals surface area (Å²) in [6.45, 7) is 6.03. The summed E-state index contributed by atoms with van der Waals surface area (Å²) in [5.41, 5.74) is 4.06. The highest BCUT2D eigenvalue weighted by molar-refractivity contribution is 7.89. The second-order valence-electron chi connectivity index (χ2n) is 8.77. The average Bonchev–Trinajstić information content (AvgIpc) is 3.19. The van der Waals surface area contributed by atoms with Crippen LogP contribution in [0.5, 0.6) is 0 Å². The molecule has 1 saturated heterocycles. The first-order valence-corrected chi connectivity index (χ1v) is 12.8. The van der Waals surface area contributed by atoms with Gasteiger partial charge in [-0.2, -0.15) is 4.31 Å². The quantitative estimate of drug-likeness (QED) is 0.548. The van der Waals surface area contributed by atoms with Crippen molar-refractivity contribution >= 4 is 33.8 Å². The van der Waals surface area contributed by atoms with Gasteiger partial charge in [-0.05, 0) is 68.5 Å². The molecule has 2 heterocycles. The Morgan fingerprint density at radius 3 is 2.50 bits per heavy atom. The zero-order valence-corrected chi connectivity index (χ0v) is 20.4. The van der Waals surface area contributed by atoms with E-state index in [0.29, 0.717) is 25.1 Å². The van der Waals surface area contributed by atoms with Gasteiger partial charge in [-0.1, -0.05) is 47.6 Å². The van der Waals surface area contributed by atoms with E-state index < -0.39 is 15.9 Å². The lowest BCUT2D eigenvalue weighted by Crippen LogP contribution is -2.43. The van der Waals surface area contributed by atoms with Gasteiger partial charge in [0.05, 0.1) is 5.92 Å². The number of aryl methyl sites for hydroxylation is 3. The highest BCUT2D eigenvalue weighted by Crippen LogP contribution is 2.30. The third-order valence-electron chi connectivity index (χ3n) is 5.90. The van der Waals surface area contributed by atoms with Crippen LogP contribution in [0.4, 0.5) is 5.69 Å². The number of aromatic nitrogens is 1. The molecule has 0 saturated carbocycles. The van der Waals surface area contributed by atoms with Gasteiger partial charge < -0.3 is 9.84 Å². The van der Waals surface area contributed by atoms with Crippen LogP contribution in [0.1, 0.15) is 41.0 Å². The second kappa shape index (κ2) is 9.95. The van der Waals surface area contributed by atoms with Crippen LogP contribution in [0.15, 0.2) is 57.9 Å². The van der Waals surface area contributed by atoms with E-state index in [2.05, 4.69) is 10.5 Å². The Bertz CT molecular complexity index is 1290. The molecule has 34 heavy (non-hydrogen) atoms. The fourth-order valence-electron chi connectivity index (χ4n) is 4.33. The normalized spacial score (nSPS) is 17.2. The Labute approximate surface area is 200 Å². The number of rotatable bonds is 6. The topological polar surface area (TPSA) is 92.5 Å². The number of anilines is 1. The number of carbonyl (C=O) groups is 1. The van der Waals surface area contributed by atoms with Crippen molar-refractivity contribution in [2.24, 2.45) is 5.92 Å². The van der Waals surface area contributed by atoms with Crippen molar-refractivity contribution in [2.75, 3.05) is 18.4 Å². The Balaban J connectivity index is 1.53. The van der Waals surface area contributed by atoms with Crippen LogP contribution in [-0.2, 0) is 14.8 Å². The summed E-state index contributed by atoms with van der Waals surface area (Å²) in [5, 5.41) is 6.86. The van der Waals surface area contributed by atoms with E-state index in [1.807, 2.05) is 62.4 Å². The number of carbonyl (C=O) groups excluding carboxylic acids is 1. The maximum Gasteiger partial charge on any atom is 0.248 e. The van der Waals surface area contributed by atoms with E-state index in [1.165, 1.54) is 4.31 Å². The van der Waals surface area contributed by atoms with Gasteiger partial charge in [0.15, 0.2) is 10.7 Å². The van der Waals surface area contributed by atoms with Crippen LogP contribution >= 0.6 is 0 Å². The molecule has 1 aromatic heterocycles. The number of benzene rings is 2. The highest BCUT2D eigenvalue weighted by Gasteiger charge is 2.37. The van der Waals surface area contributed by atoms with Crippen LogP contribution in [-0.4, -0.2) is 36.9 Å². The van der Waals surface area contributed by atoms with Crippen LogP contribution in [0, 0.1) is 26.7 Å². The van der Waals surface area contributed by atoms with Crippen molar-refractivity contribution in [2.45, 2.75) is 38.5 Å². The maximum atomic E-state index is 13.6. The molecular formula is C26H29N3O4S. The van der Waals surface area contributed by atoms with Gasteiger partial charge in [0, 0.05) is 18.8 Å². The van der Waals surface area contributed by atoms with E-state index in [1.54, 1.807) is 19.1 Å². The monoisotopic (exact) mass is 479 g/mol. The summed E-state index contributed by atoms with van der Waals surface area (Å²) >= 11 is 0. The van der Waals surface area contributed by atoms with Crippen LogP contribution in [0.2, 0.25) is 0 Å². The van der Waals surface area contributed by atoms with E-state index in [4.69, 9.17) is 4.52 Å². The van der Waals surface area contributed by atoms with E-state index in [0.717, 1.165) is 22.4 Å². The number of nitrogens with zero attached hydrogens (tertiary/aromatic N) is 2. The van der Waals surface area contributed by atoms with Crippen LogP contribution in [0.25, 0.3) is 12.2 Å². The molecule has 1 N–H and O–H groups in total. The first-order valence-electron chi connectivity index (χ1n) is 11.3. The summed E-state index contributed by atoms with van der Waals surface area (Å²) in [5.74, 6) is -0.424. The minimum atomic E-state index is -3.89. The highest BCUT2D eigenvalue weighted by atomic mass is 32.2. The molecular weight excluding hydrogens is 450 g/mol. The first kappa shape index (κ1) is 23.9. The predicted octanol–water partition coefficient (Wildman–Crippen LogP) is 4.81. The largest absolute Gasteiger partial charge is 0.355 e. The standard InChI is InChI=1S/C26H29N3O4S/c1-18-14-19(2)16-23(15-18)27-26(30)22-10-7-13-29(17-22)34(31,32)25-20(3)28-33-24(25)12-11-21-8-5-4-6-9-21/h4-6,8-9,11-12,14-16,22H,7,10,13,17H2,1-3H3,(H,27,30). The van der Waals surface area contributed by atoms with Crippen molar-refractivity contribution < 1.29 is 17.7 Å². The number of amides is 1. The Morgan fingerprint density at radius 1 is 1.09 bits per heavy atom. The SMILES string of the molecule is Cc1cc(C)cc(NC(=O)C2CCCN(S(=O)(=O)c3c(C)noc3C=Cc3ccccc3)C2)c1. The molecule has 7 nitrogen and oxygen atoms in total. The first-order chi connectivity index (χ1) is 16.2. The van der Waals surface area contributed by atoms with Gasteiger partial charge in [-0.25, -0.2) is 8.42 Å². The minimum absolute atomic E-state index is 0.0510. The van der Waals surface area contributed by atoms with Crippen molar-refractivity contribution in [3.8, 4) is 0 Å². The number of piperidine rings is 1. The Hall–Kier alpha value is -3.23. The van der Waals surface area contributed by atoms with Gasteiger partial charge >= 0.3 is 0 Å². The number of hydrogen-bond donors (Lipinski definition) is 1. The Morgan fingerprint density at radius 2 is 1.79 bits per heavy atom. The van der Waals surface area contributed by atoms with Gasteiger partial charge in [0.2, 0.25) is 15.9 Å². The molecule has 2 aromatic carbocycles. The number of hydrogen-bond acceptors (Lipinski definition) is 5. The molecule has 1 aliphatic heterocycles. The molecule has 1 fully saturated rings. The van der Waals surface area contributed by atoms with Gasteiger partial charge in [0.1, 0.15) is 5.69 Å². The van der Waals surface area contributed by atoms with Crippen molar-refractivity contribution in [3.05, 3.63) is 76.7 Å². The minimum Gasteiger partial charge on any atom is -0.355 e. The third-order valence-corrected chi connectivity index (χ3v) is 7.93. The molecule has 1 aliphatic rings. The summed E-state index contributed by atoms with van der Waals surface area (Å²) in [4.78, 5) is 13.0. The van der Waals surface area contributed by atoms with Crippen molar-refractivity contribution in [3.63, 3.8) is 0 Å². The molecule has 0 bridgehead atoms. The van der Waals surface area contributed by atoms with Crippen LogP contribution < -0.4 is 5.32 Å². The molecule has 178 valence electrons. The molecule has 0 radical (unpaired) electrons. The predicted molar refractivity (Wildman–Crippen MR) is 133 cm³/mol. The number of sulfonamides is 1. The lowest BCUT2D eigenvalue weighted by atomic mass is 9.98. The molecule has 4 rings (SSSR count). The molecule has 0 aliphatic carbocycles. The molecule has 8 heteroatoms. The molecule has 3 aromatic rings. The molecule has 0 spiro atoms. The van der Waals surface area contributed by atoms with Gasteiger partial charge in [0.25, 0.3) is 0 Å². The lowest BCUT2D eigenvalue weighted by Gasteiger charge is -2.31. The molecule has 1 atom stereocenters. The summed E-state index contributed by atoms with van der Waals surface area (Å²) in [6, 6.07) is 15.4. The van der Waals surface area contributed by atoms with E-state index in [-0.39, 0.29) is 23.1 Å². The third kappa shape index (κ3) is 5.29. The summed E-state index contributed by atoms with van der Waals surface area (Å²) < 4.78 is 33.9. The van der Waals surface area contributed by atoms with Gasteiger partial charge in [-0.3, -0.25) is 4.79 Å². The Kier molecular flexibility index (Phi) is 7.00. The van der Waals surface area contributed by atoms with Gasteiger partial charge in [-0.15, -0.1) is 0 Å². The second-order valence-corrected chi connectivity index (χ2v) is 10.6. The maximum absolute atomic E-state index is 13.6. The smallest absolute Gasteiger partial charge is 0.248 e. The summed E-state index contributed by atoms with van der Waals surface area (Å²) in [7, 11) is -3.89. The van der Waals surface area contributed by atoms with E-state index in [9.17, 15) is 13.2 Å². The van der Waals surface area contributed by atoms with Crippen molar-refractivity contribution in [1.82, 2.24) is 9.46 Å². The lowest BCUT2D eigenvalue weighted by molar-refractivity contribution is -0.120. The fraction of sp³-hybridized carbons (Fsp3) is 0.308. The number of nitrogens with one attached hydrogen (secondary N) is 1. The zero-order valence-electron chi connectivity index (χ0n) is 19.6. The van der Waals surface area contributed by atoms with Crippen LogP contribution in [0.3, 0.4) is 0 Å². The van der Waals surface area contributed by atoms with Crippen molar-refractivity contribution in [1.29, 1.82) is 0 Å².